The quantitative estimate of drug-likeness (QED) is 0.797. The van der Waals surface area contributed by atoms with E-state index >= 15 is 0 Å². The first-order valence-electron chi connectivity index (χ1n) is 8.01. The summed E-state index contributed by atoms with van der Waals surface area (Å²) in [5.41, 5.74) is -0.498. The summed E-state index contributed by atoms with van der Waals surface area (Å²) in [6.45, 7) is 0.937. The average Bonchev–Trinajstić information content (AvgIpc) is 2.67. The lowest BCUT2D eigenvalue weighted by atomic mass is 10.2. The molecule has 0 aliphatic carbocycles. The Bertz CT molecular complexity index is 961. The van der Waals surface area contributed by atoms with Gasteiger partial charge in [-0.3, -0.25) is 0 Å². The molecule has 0 atom stereocenters. The minimum Gasteiger partial charge on any atom is -0.353 e. The Labute approximate surface area is 154 Å². The van der Waals surface area contributed by atoms with Crippen molar-refractivity contribution in [3.63, 3.8) is 0 Å². The summed E-state index contributed by atoms with van der Waals surface area (Å²) in [6.07, 6.45) is -2.96. The van der Waals surface area contributed by atoms with Gasteiger partial charge in [-0.05, 0) is 36.4 Å². The molecule has 142 valence electrons. The van der Waals surface area contributed by atoms with Crippen LogP contribution in [-0.2, 0) is 16.2 Å². The van der Waals surface area contributed by atoms with Crippen LogP contribution in [0.25, 0.3) is 0 Å². The number of hydrogen-bond donors (Lipinski definition) is 0. The van der Waals surface area contributed by atoms with Crippen LogP contribution in [0.4, 0.5) is 19.0 Å². The lowest BCUT2D eigenvalue weighted by Gasteiger charge is -2.35. The van der Waals surface area contributed by atoms with E-state index < -0.39 is 21.8 Å². The molecule has 0 N–H and O–H groups in total. The number of nitrogens with zero attached hydrogens (tertiary/aromatic N) is 4. The molecule has 27 heavy (non-hydrogen) atoms. The molecule has 1 saturated heterocycles. The van der Waals surface area contributed by atoms with E-state index in [4.69, 9.17) is 5.26 Å². The van der Waals surface area contributed by atoms with Gasteiger partial charge in [-0.1, -0.05) is 0 Å². The molecule has 1 fully saturated rings. The van der Waals surface area contributed by atoms with Crippen molar-refractivity contribution in [2.24, 2.45) is 0 Å². The van der Waals surface area contributed by atoms with Crippen LogP contribution in [0.3, 0.4) is 0 Å². The third-order valence-electron chi connectivity index (χ3n) is 4.26. The summed E-state index contributed by atoms with van der Waals surface area (Å²) in [5, 5.41) is 9.16. The zero-order valence-corrected chi connectivity index (χ0v) is 14.8. The Morgan fingerprint density at radius 2 is 1.67 bits per heavy atom. The van der Waals surface area contributed by atoms with Gasteiger partial charge >= 0.3 is 6.18 Å². The molecule has 1 aliphatic heterocycles. The first kappa shape index (κ1) is 19.1. The molecule has 0 bridgehead atoms. The van der Waals surface area contributed by atoms with Gasteiger partial charge in [-0.2, -0.15) is 22.7 Å². The van der Waals surface area contributed by atoms with E-state index in [9.17, 15) is 21.6 Å². The largest absolute Gasteiger partial charge is 0.416 e. The number of anilines is 1. The normalized spacial score (nSPS) is 16.1. The molecular weight excluding hydrogens is 381 g/mol. The number of halogens is 3. The van der Waals surface area contributed by atoms with Crippen molar-refractivity contribution in [1.29, 1.82) is 5.26 Å². The van der Waals surface area contributed by atoms with Crippen LogP contribution in [0, 0.1) is 11.3 Å². The van der Waals surface area contributed by atoms with Crippen LogP contribution in [-0.4, -0.2) is 43.9 Å². The van der Waals surface area contributed by atoms with Crippen LogP contribution in [0.1, 0.15) is 11.1 Å². The molecule has 0 radical (unpaired) electrons. The van der Waals surface area contributed by atoms with Crippen LogP contribution >= 0.6 is 0 Å². The topological polar surface area (TPSA) is 77.3 Å². The number of rotatable bonds is 3. The van der Waals surface area contributed by atoms with Crippen molar-refractivity contribution < 1.29 is 21.6 Å². The summed E-state index contributed by atoms with van der Waals surface area (Å²) in [5.74, 6) is 0.492. The van der Waals surface area contributed by atoms with Crippen LogP contribution in [0.5, 0.6) is 0 Å². The summed E-state index contributed by atoms with van der Waals surface area (Å²) >= 11 is 0. The third-order valence-corrected chi connectivity index (χ3v) is 6.18. The second-order valence-electron chi connectivity index (χ2n) is 5.90. The molecular formula is C17H15F3N4O2S. The molecule has 10 heteroatoms. The van der Waals surface area contributed by atoms with E-state index in [0.717, 1.165) is 24.3 Å². The summed E-state index contributed by atoms with van der Waals surface area (Å²) in [4.78, 5) is 5.82. The Morgan fingerprint density at radius 3 is 2.22 bits per heavy atom. The van der Waals surface area contributed by atoms with Crippen molar-refractivity contribution in [2.75, 3.05) is 31.1 Å². The van der Waals surface area contributed by atoms with Crippen LogP contribution in [0.2, 0.25) is 0 Å². The standard InChI is InChI=1S/C17H15F3N4O2S/c18-17(19,20)14-3-5-15(6-4-14)27(25,26)24-10-8-23(9-11-24)16-13(12-21)2-1-7-22-16/h1-7H,8-11H2. The maximum atomic E-state index is 12.7. The molecule has 6 nitrogen and oxygen atoms in total. The van der Waals surface area contributed by atoms with E-state index in [0.29, 0.717) is 24.5 Å². The molecule has 1 aromatic heterocycles. The van der Waals surface area contributed by atoms with E-state index in [2.05, 4.69) is 4.98 Å². The summed E-state index contributed by atoms with van der Waals surface area (Å²) in [7, 11) is -3.89. The van der Waals surface area contributed by atoms with Crippen molar-refractivity contribution in [1.82, 2.24) is 9.29 Å². The zero-order valence-electron chi connectivity index (χ0n) is 14.0. The highest BCUT2D eigenvalue weighted by Crippen LogP contribution is 2.30. The number of pyridine rings is 1. The Balaban J connectivity index is 1.74. The number of hydrogen-bond acceptors (Lipinski definition) is 5. The van der Waals surface area contributed by atoms with Crippen molar-refractivity contribution >= 4 is 15.8 Å². The third kappa shape index (κ3) is 3.89. The van der Waals surface area contributed by atoms with E-state index in [1.54, 1.807) is 18.3 Å². The number of benzene rings is 1. The zero-order chi connectivity index (χ0) is 19.7. The van der Waals surface area contributed by atoms with Crippen LogP contribution in [0.15, 0.2) is 47.5 Å². The Hall–Kier alpha value is -2.64. The van der Waals surface area contributed by atoms with E-state index in [1.807, 2.05) is 11.0 Å². The molecule has 2 heterocycles. The number of sulfonamides is 1. The lowest BCUT2D eigenvalue weighted by molar-refractivity contribution is -0.137. The molecule has 1 aromatic carbocycles. The second kappa shape index (κ2) is 7.17. The van der Waals surface area contributed by atoms with Crippen molar-refractivity contribution in [2.45, 2.75) is 11.1 Å². The predicted molar refractivity (Wildman–Crippen MR) is 91.4 cm³/mol. The molecule has 0 saturated carbocycles. The second-order valence-corrected chi connectivity index (χ2v) is 7.84. The fourth-order valence-electron chi connectivity index (χ4n) is 2.84. The highest BCUT2D eigenvalue weighted by molar-refractivity contribution is 7.89. The fraction of sp³-hybridized carbons (Fsp3) is 0.294. The molecule has 0 unspecified atom stereocenters. The van der Waals surface area contributed by atoms with E-state index in [-0.39, 0.29) is 18.0 Å². The van der Waals surface area contributed by atoms with Gasteiger partial charge < -0.3 is 4.90 Å². The maximum Gasteiger partial charge on any atom is 0.416 e. The van der Waals surface area contributed by atoms with Gasteiger partial charge in [0.05, 0.1) is 16.0 Å². The number of nitriles is 1. The summed E-state index contributed by atoms with van der Waals surface area (Å²) in [6, 6.07) is 8.79. The lowest BCUT2D eigenvalue weighted by Crippen LogP contribution is -2.49. The molecule has 3 rings (SSSR count). The maximum absolute atomic E-state index is 12.7. The van der Waals surface area contributed by atoms with Gasteiger partial charge in [0.15, 0.2) is 0 Å². The van der Waals surface area contributed by atoms with Gasteiger partial charge in [0, 0.05) is 32.4 Å². The monoisotopic (exact) mass is 396 g/mol. The van der Waals surface area contributed by atoms with Gasteiger partial charge in [-0.25, -0.2) is 13.4 Å². The fourth-order valence-corrected chi connectivity index (χ4v) is 4.26. The number of piperazine rings is 1. The van der Waals surface area contributed by atoms with Gasteiger partial charge in [0.2, 0.25) is 10.0 Å². The predicted octanol–water partition coefficient (Wildman–Crippen LogP) is 2.48. The van der Waals surface area contributed by atoms with E-state index in [1.165, 1.54) is 4.31 Å². The first-order chi connectivity index (χ1) is 12.7. The first-order valence-corrected chi connectivity index (χ1v) is 9.45. The highest BCUT2D eigenvalue weighted by atomic mass is 32.2. The number of aromatic nitrogens is 1. The van der Waals surface area contributed by atoms with Crippen molar-refractivity contribution in [3.05, 3.63) is 53.7 Å². The molecule has 2 aromatic rings. The van der Waals surface area contributed by atoms with Gasteiger partial charge in [0.1, 0.15) is 11.9 Å². The molecule has 1 aliphatic rings. The average molecular weight is 396 g/mol. The molecule has 0 spiro atoms. The minimum atomic E-state index is -4.52. The highest BCUT2D eigenvalue weighted by Gasteiger charge is 2.33. The Kier molecular flexibility index (Phi) is 5.08. The Morgan fingerprint density at radius 1 is 1.04 bits per heavy atom. The molecule has 0 amide bonds. The van der Waals surface area contributed by atoms with Crippen LogP contribution < -0.4 is 4.90 Å². The van der Waals surface area contributed by atoms with Gasteiger partial charge in [0.25, 0.3) is 0 Å². The minimum absolute atomic E-state index is 0.144. The van der Waals surface area contributed by atoms with Crippen molar-refractivity contribution in [3.8, 4) is 6.07 Å². The SMILES string of the molecule is N#Cc1cccnc1N1CCN(S(=O)(=O)c2ccc(C(F)(F)F)cc2)CC1. The summed E-state index contributed by atoms with van der Waals surface area (Å²) < 4.78 is 64.5. The smallest absolute Gasteiger partial charge is 0.353 e. The number of alkyl halides is 3. The van der Waals surface area contributed by atoms with Gasteiger partial charge in [-0.15, -0.1) is 0 Å².